The third kappa shape index (κ3) is 5.21. The standard InChI is InChI=1S/C30H33N7O3/c1-19-10-14-31-24(17-19)34-28(38)20-6-8-22(9-7-20)40-23-11-15-32-26-25(23)27(36-35-26)33-21-5-3-16-37(18-21)29(39)30(2)12-4-13-30/h6-11,14-15,17,21H,3-5,12-13,16,18H2,1-2H3,(H,31,34,38)(H2,32,33,35,36)/t21-/m1/s1. The molecule has 0 radical (unpaired) electrons. The number of H-pyrrole nitrogens is 1. The number of hydrogen-bond acceptors (Lipinski definition) is 7. The molecule has 1 saturated carbocycles. The SMILES string of the molecule is Cc1ccnc(NC(=O)c2ccc(Oc3ccnc4[nH]nc(N[C@@H]5CCCN(C(=O)C6(C)CCC6)C5)c34)cc2)c1. The molecule has 4 heterocycles. The summed E-state index contributed by atoms with van der Waals surface area (Å²) in [6.07, 6.45) is 8.31. The summed E-state index contributed by atoms with van der Waals surface area (Å²) in [6, 6.07) is 12.5. The van der Waals surface area contributed by atoms with E-state index in [2.05, 4.69) is 37.7 Å². The van der Waals surface area contributed by atoms with Gasteiger partial charge in [0.15, 0.2) is 11.5 Å². The van der Waals surface area contributed by atoms with Gasteiger partial charge in [0.1, 0.15) is 22.7 Å². The smallest absolute Gasteiger partial charge is 0.256 e. The largest absolute Gasteiger partial charge is 0.456 e. The zero-order valence-corrected chi connectivity index (χ0v) is 22.7. The number of hydrogen-bond donors (Lipinski definition) is 3. The van der Waals surface area contributed by atoms with Gasteiger partial charge < -0.3 is 20.3 Å². The third-order valence-electron chi connectivity index (χ3n) is 7.95. The molecule has 2 fully saturated rings. The summed E-state index contributed by atoms with van der Waals surface area (Å²) in [5.74, 6) is 2.35. The van der Waals surface area contributed by atoms with Crippen molar-refractivity contribution in [2.24, 2.45) is 5.41 Å². The minimum atomic E-state index is -0.247. The number of benzene rings is 1. The van der Waals surface area contributed by atoms with Gasteiger partial charge in [-0.25, -0.2) is 9.97 Å². The van der Waals surface area contributed by atoms with Crippen molar-refractivity contribution in [2.45, 2.75) is 52.0 Å². The number of anilines is 2. The van der Waals surface area contributed by atoms with Crippen molar-refractivity contribution >= 4 is 34.5 Å². The maximum absolute atomic E-state index is 13.1. The summed E-state index contributed by atoms with van der Waals surface area (Å²) >= 11 is 0. The van der Waals surface area contributed by atoms with E-state index in [0.717, 1.165) is 49.6 Å². The Kier molecular flexibility index (Phi) is 6.83. The van der Waals surface area contributed by atoms with Gasteiger partial charge in [-0.15, -0.1) is 0 Å². The first-order valence-corrected chi connectivity index (χ1v) is 13.8. The number of amides is 2. The topological polar surface area (TPSA) is 125 Å². The number of pyridine rings is 2. The monoisotopic (exact) mass is 539 g/mol. The highest BCUT2D eigenvalue weighted by Crippen LogP contribution is 2.42. The molecule has 3 N–H and O–H groups in total. The van der Waals surface area contributed by atoms with E-state index in [1.165, 1.54) is 0 Å². The average Bonchev–Trinajstić information content (AvgIpc) is 3.35. The second-order valence-electron chi connectivity index (χ2n) is 11.1. The molecule has 1 atom stereocenters. The van der Waals surface area contributed by atoms with Crippen molar-refractivity contribution in [3.8, 4) is 11.5 Å². The molecule has 1 aromatic carbocycles. The van der Waals surface area contributed by atoms with Crippen LogP contribution >= 0.6 is 0 Å². The van der Waals surface area contributed by atoms with Crippen LogP contribution in [0.25, 0.3) is 11.0 Å². The van der Waals surface area contributed by atoms with Gasteiger partial charge in [-0.1, -0.05) is 13.3 Å². The molecule has 3 aromatic heterocycles. The van der Waals surface area contributed by atoms with Crippen molar-refractivity contribution in [3.63, 3.8) is 0 Å². The number of carbonyl (C=O) groups excluding carboxylic acids is 2. The first-order chi connectivity index (χ1) is 19.4. The fourth-order valence-electron chi connectivity index (χ4n) is 5.48. The number of fused-ring (bicyclic) bond motifs is 1. The molecule has 2 amide bonds. The van der Waals surface area contributed by atoms with E-state index in [-0.39, 0.29) is 23.3 Å². The van der Waals surface area contributed by atoms with E-state index in [0.29, 0.717) is 40.9 Å². The minimum absolute atomic E-state index is 0.0848. The summed E-state index contributed by atoms with van der Waals surface area (Å²) in [4.78, 5) is 36.4. The second-order valence-corrected chi connectivity index (χ2v) is 11.1. The van der Waals surface area contributed by atoms with E-state index in [4.69, 9.17) is 4.74 Å². The van der Waals surface area contributed by atoms with Gasteiger partial charge in [0.05, 0.1) is 0 Å². The summed E-state index contributed by atoms with van der Waals surface area (Å²) < 4.78 is 6.23. The van der Waals surface area contributed by atoms with E-state index in [1.807, 2.05) is 24.0 Å². The lowest BCUT2D eigenvalue weighted by Gasteiger charge is -2.43. The summed E-state index contributed by atoms with van der Waals surface area (Å²) in [7, 11) is 0. The van der Waals surface area contributed by atoms with Gasteiger partial charge in [-0.2, -0.15) is 5.10 Å². The Morgan fingerprint density at radius 1 is 1.07 bits per heavy atom. The number of ether oxygens (including phenoxy) is 1. The molecular formula is C30H33N7O3. The van der Waals surface area contributed by atoms with Crippen LogP contribution in [0.15, 0.2) is 54.9 Å². The highest BCUT2D eigenvalue weighted by atomic mass is 16.5. The molecule has 0 bridgehead atoms. The Morgan fingerprint density at radius 2 is 1.88 bits per heavy atom. The Balaban J connectivity index is 1.15. The average molecular weight is 540 g/mol. The number of piperidine rings is 1. The molecule has 206 valence electrons. The van der Waals surface area contributed by atoms with Crippen LogP contribution in [0.3, 0.4) is 0 Å². The first-order valence-electron chi connectivity index (χ1n) is 13.8. The molecule has 1 aliphatic heterocycles. The predicted molar refractivity (Wildman–Crippen MR) is 153 cm³/mol. The summed E-state index contributed by atoms with van der Waals surface area (Å²) in [5, 5.41) is 14.6. The number of nitrogens with zero attached hydrogens (tertiary/aromatic N) is 4. The third-order valence-corrected chi connectivity index (χ3v) is 7.95. The van der Waals surface area contributed by atoms with Gasteiger partial charge in [-0.3, -0.25) is 14.7 Å². The lowest BCUT2D eigenvalue weighted by atomic mass is 9.69. The number of aromatic amines is 1. The molecule has 10 heteroatoms. The Labute approximate surface area is 232 Å². The first kappa shape index (κ1) is 25.8. The van der Waals surface area contributed by atoms with Crippen molar-refractivity contribution in [3.05, 3.63) is 66.0 Å². The van der Waals surface area contributed by atoms with Gasteiger partial charge in [0, 0.05) is 48.6 Å². The number of nitrogens with one attached hydrogen (secondary N) is 3. The molecule has 4 aromatic rings. The van der Waals surface area contributed by atoms with E-state index in [9.17, 15) is 9.59 Å². The van der Waals surface area contributed by atoms with Crippen molar-refractivity contribution in [1.29, 1.82) is 0 Å². The Bertz CT molecular complexity index is 1540. The molecule has 6 rings (SSSR count). The minimum Gasteiger partial charge on any atom is -0.456 e. The van der Waals surface area contributed by atoms with Crippen LogP contribution in [0, 0.1) is 12.3 Å². The number of likely N-dealkylation sites (tertiary alicyclic amines) is 1. The van der Waals surface area contributed by atoms with Crippen LogP contribution in [-0.2, 0) is 4.79 Å². The van der Waals surface area contributed by atoms with Crippen LogP contribution in [0.5, 0.6) is 11.5 Å². The summed E-state index contributed by atoms with van der Waals surface area (Å²) in [6.45, 7) is 5.49. The fourth-order valence-corrected chi connectivity index (χ4v) is 5.48. The van der Waals surface area contributed by atoms with Gasteiger partial charge in [0.25, 0.3) is 5.91 Å². The van der Waals surface area contributed by atoms with Gasteiger partial charge >= 0.3 is 0 Å². The summed E-state index contributed by atoms with van der Waals surface area (Å²) in [5.41, 5.74) is 1.92. The van der Waals surface area contributed by atoms with Gasteiger partial charge in [-0.05, 0) is 74.6 Å². The zero-order chi connectivity index (χ0) is 27.7. The lowest BCUT2D eigenvalue weighted by Crippen LogP contribution is -2.52. The fraction of sp³-hybridized carbons (Fsp3) is 0.367. The van der Waals surface area contributed by atoms with Crippen LogP contribution in [0.4, 0.5) is 11.6 Å². The molecule has 10 nitrogen and oxygen atoms in total. The lowest BCUT2D eigenvalue weighted by molar-refractivity contribution is -0.147. The molecule has 2 aliphatic rings. The van der Waals surface area contributed by atoms with Crippen LogP contribution < -0.4 is 15.4 Å². The maximum atomic E-state index is 13.1. The number of rotatable bonds is 7. The van der Waals surface area contributed by atoms with Crippen LogP contribution in [0.1, 0.15) is 54.9 Å². The quantitative estimate of drug-likeness (QED) is 0.291. The predicted octanol–water partition coefficient (Wildman–Crippen LogP) is 5.30. The normalized spacial score (nSPS) is 18.1. The molecular weight excluding hydrogens is 506 g/mol. The number of carbonyl (C=O) groups is 2. The van der Waals surface area contributed by atoms with E-state index in [1.54, 1.807) is 42.7 Å². The van der Waals surface area contributed by atoms with Crippen molar-refractivity contribution < 1.29 is 14.3 Å². The molecule has 0 unspecified atom stereocenters. The maximum Gasteiger partial charge on any atom is 0.256 e. The highest BCUT2D eigenvalue weighted by Gasteiger charge is 2.42. The Hall–Kier alpha value is -4.47. The highest BCUT2D eigenvalue weighted by molar-refractivity contribution is 6.03. The molecule has 1 aliphatic carbocycles. The molecule has 1 saturated heterocycles. The van der Waals surface area contributed by atoms with Crippen molar-refractivity contribution in [2.75, 3.05) is 23.7 Å². The number of aryl methyl sites for hydroxylation is 1. The van der Waals surface area contributed by atoms with Crippen LogP contribution in [-0.4, -0.2) is 56.0 Å². The van der Waals surface area contributed by atoms with E-state index < -0.39 is 0 Å². The Morgan fingerprint density at radius 3 is 2.62 bits per heavy atom. The molecule has 0 spiro atoms. The van der Waals surface area contributed by atoms with E-state index >= 15 is 0 Å². The second kappa shape index (κ2) is 10.6. The van der Waals surface area contributed by atoms with Gasteiger partial charge in [0.2, 0.25) is 5.91 Å². The van der Waals surface area contributed by atoms with Crippen LogP contribution in [0.2, 0.25) is 0 Å². The molecule has 40 heavy (non-hydrogen) atoms. The number of aromatic nitrogens is 4. The zero-order valence-electron chi connectivity index (χ0n) is 22.7. The van der Waals surface area contributed by atoms with Crippen molar-refractivity contribution in [1.82, 2.24) is 25.1 Å².